The van der Waals surface area contributed by atoms with E-state index in [4.69, 9.17) is 14.2 Å². The standard InChI is InChI=1S/C12H23NO4/c1-5-15-8-10-6-9(7-16-10)13-11(14)17-12(2,3)4/h9-10H,5-8H2,1-4H3,(H,13,14). The fourth-order valence-electron chi connectivity index (χ4n) is 1.65. The highest BCUT2D eigenvalue weighted by Crippen LogP contribution is 2.14. The molecule has 0 saturated carbocycles. The first-order chi connectivity index (χ1) is 7.90. The lowest BCUT2D eigenvalue weighted by atomic mass is 10.2. The summed E-state index contributed by atoms with van der Waals surface area (Å²) in [6.07, 6.45) is 0.470. The molecule has 2 atom stereocenters. The van der Waals surface area contributed by atoms with E-state index in [0.717, 1.165) is 6.42 Å². The van der Waals surface area contributed by atoms with Gasteiger partial charge in [-0.2, -0.15) is 0 Å². The van der Waals surface area contributed by atoms with Crippen LogP contribution in [0.25, 0.3) is 0 Å². The topological polar surface area (TPSA) is 56.8 Å². The summed E-state index contributed by atoms with van der Waals surface area (Å²) in [5.41, 5.74) is -0.464. The van der Waals surface area contributed by atoms with Crippen molar-refractivity contribution >= 4 is 6.09 Å². The van der Waals surface area contributed by atoms with Crippen molar-refractivity contribution in [3.8, 4) is 0 Å². The predicted octanol–water partition coefficient (Wildman–Crippen LogP) is 1.71. The van der Waals surface area contributed by atoms with Crippen LogP contribution in [-0.2, 0) is 14.2 Å². The number of carbonyl (C=O) groups is 1. The second-order valence-corrected chi connectivity index (χ2v) is 5.19. The summed E-state index contributed by atoms with van der Waals surface area (Å²) in [5, 5.41) is 2.80. The summed E-state index contributed by atoms with van der Waals surface area (Å²) >= 11 is 0. The normalized spacial score (nSPS) is 24.7. The average molecular weight is 245 g/mol. The van der Waals surface area contributed by atoms with Gasteiger partial charge in [-0.15, -0.1) is 0 Å². The Bertz CT molecular complexity index is 249. The van der Waals surface area contributed by atoms with Crippen LogP contribution in [0.4, 0.5) is 4.79 Å². The summed E-state index contributed by atoms with van der Waals surface area (Å²) in [4.78, 5) is 11.5. The molecule has 0 spiro atoms. The van der Waals surface area contributed by atoms with Crippen LogP contribution in [-0.4, -0.2) is 43.7 Å². The first kappa shape index (κ1) is 14.3. The fourth-order valence-corrected chi connectivity index (χ4v) is 1.65. The Hall–Kier alpha value is -0.810. The number of alkyl carbamates (subject to hydrolysis) is 1. The van der Waals surface area contributed by atoms with Gasteiger partial charge in [0.2, 0.25) is 0 Å². The van der Waals surface area contributed by atoms with Crippen molar-refractivity contribution in [1.29, 1.82) is 0 Å². The van der Waals surface area contributed by atoms with Crippen molar-refractivity contribution in [2.75, 3.05) is 19.8 Å². The van der Waals surface area contributed by atoms with Gasteiger partial charge in [-0.05, 0) is 34.1 Å². The smallest absolute Gasteiger partial charge is 0.407 e. The quantitative estimate of drug-likeness (QED) is 0.819. The number of nitrogens with one attached hydrogen (secondary N) is 1. The van der Waals surface area contributed by atoms with Crippen LogP contribution in [0, 0.1) is 0 Å². The maximum Gasteiger partial charge on any atom is 0.407 e. The minimum Gasteiger partial charge on any atom is -0.444 e. The Kier molecular flexibility index (Phi) is 5.21. The molecular formula is C12H23NO4. The predicted molar refractivity (Wildman–Crippen MR) is 64.0 cm³/mol. The molecular weight excluding hydrogens is 222 g/mol. The minimum absolute atomic E-state index is 0.0234. The molecule has 0 aliphatic carbocycles. The fraction of sp³-hybridized carbons (Fsp3) is 0.917. The zero-order chi connectivity index (χ0) is 12.9. The van der Waals surface area contributed by atoms with Gasteiger partial charge in [0, 0.05) is 6.61 Å². The van der Waals surface area contributed by atoms with Crippen LogP contribution in [0.15, 0.2) is 0 Å². The van der Waals surface area contributed by atoms with Gasteiger partial charge < -0.3 is 19.5 Å². The van der Waals surface area contributed by atoms with E-state index in [1.807, 2.05) is 27.7 Å². The molecule has 1 rings (SSSR count). The van der Waals surface area contributed by atoms with Gasteiger partial charge >= 0.3 is 6.09 Å². The second-order valence-electron chi connectivity index (χ2n) is 5.19. The highest BCUT2D eigenvalue weighted by molar-refractivity contribution is 5.68. The van der Waals surface area contributed by atoms with E-state index in [1.165, 1.54) is 0 Å². The Morgan fingerprint density at radius 3 is 2.76 bits per heavy atom. The van der Waals surface area contributed by atoms with Crippen molar-refractivity contribution in [2.24, 2.45) is 0 Å². The molecule has 1 amide bonds. The van der Waals surface area contributed by atoms with Gasteiger partial charge in [-0.25, -0.2) is 4.79 Å². The molecule has 1 fully saturated rings. The number of rotatable bonds is 4. The van der Waals surface area contributed by atoms with Crippen molar-refractivity contribution < 1.29 is 19.0 Å². The highest BCUT2D eigenvalue weighted by Gasteiger charge is 2.28. The molecule has 1 aliphatic heterocycles. The number of hydrogen-bond donors (Lipinski definition) is 1. The SMILES string of the molecule is CCOCC1CC(NC(=O)OC(C)(C)C)CO1. The summed E-state index contributed by atoms with van der Waals surface area (Å²) in [5.74, 6) is 0. The Balaban J connectivity index is 2.23. The summed E-state index contributed by atoms with van der Waals surface area (Å²) in [7, 11) is 0. The number of ether oxygens (including phenoxy) is 3. The lowest BCUT2D eigenvalue weighted by Crippen LogP contribution is -2.39. The second kappa shape index (κ2) is 6.21. The van der Waals surface area contributed by atoms with Crippen LogP contribution in [0.3, 0.4) is 0 Å². The highest BCUT2D eigenvalue weighted by atomic mass is 16.6. The molecule has 1 saturated heterocycles. The maximum atomic E-state index is 11.5. The van der Waals surface area contributed by atoms with Crippen LogP contribution >= 0.6 is 0 Å². The average Bonchev–Trinajstić information content (AvgIpc) is 2.59. The third-order valence-electron chi connectivity index (χ3n) is 2.31. The molecule has 17 heavy (non-hydrogen) atoms. The van der Waals surface area contributed by atoms with E-state index >= 15 is 0 Å². The Labute approximate surface area is 103 Å². The van der Waals surface area contributed by atoms with Gasteiger partial charge in [-0.1, -0.05) is 0 Å². The summed E-state index contributed by atoms with van der Waals surface area (Å²) in [6, 6.07) is 0.0234. The first-order valence-corrected chi connectivity index (χ1v) is 6.09. The lowest BCUT2D eigenvalue weighted by molar-refractivity contribution is 0.0208. The van der Waals surface area contributed by atoms with Gasteiger partial charge in [-0.3, -0.25) is 0 Å². The lowest BCUT2D eigenvalue weighted by Gasteiger charge is -2.21. The van der Waals surface area contributed by atoms with Crippen LogP contribution < -0.4 is 5.32 Å². The third-order valence-corrected chi connectivity index (χ3v) is 2.31. The number of amides is 1. The van der Waals surface area contributed by atoms with Crippen molar-refractivity contribution in [2.45, 2.75) is 51.9 Å². The molecule has 1 heterocycles. The third kappa shape index (κ3) is 5.89. The molecule has 5 heteroatoms. The van der Waals surface area contributed by atoms with Gasteiger partial charge in [0.25, 0.3) is 0 Å². The summed E-state index contributed by atoms with van der Waals surface area (Å²) < 4.78 is 16.0. The van der Waals surface area contributed by atoms with E-state index in [0.29, 0.717) is 19.8 Å². The van der Waals surface area contributed by atoms with Gasteiger partial charge in [0.05, 0.1) is 25.4 Å². The van der Waals surface area contributed by atoms with E-state index in [9.17, 15) is 4.79 Å². The molecule has 100 valence electrons. The van der Waals surface area contributed by atoms with E-state index in [-0.39, 0.29) is 18.2 Å². The van der Waals surface area contributed by atoms with Crippen molar-refractivity contribution in [1.82, 2.24) is 5.32 Å². The largest absolute Gasteiger partial charge is 0.444 e. The van der Waals surface area contributed by atoms with E-state index in [1.54, 1.807) is 0 Å². The maximum absolute atomic E-state index is 11.5. The molecule has 0 aromatic carbocycles. The first-order valence-electron chi connectivity index (χ1n) is 6.09. The van der Waals surface area contributed by atoms with Crippen LogP contribution in [0.2, 0.25) is 0 Å². The Morgan fingerprint density at radius 2 is 2.18 bits per heavy atom. The summed E-state index contributed by atoms with van der Waals surface area (Å²) in [6.45, 7) is 9.27. The molecule has 0 aromatic heterocycles. The van der Waals surface area contributed by atoms with E-state index in [2.05, 4.69) is 5.32 Å². The molecule has 1 N–H and O–H groups in total. The zero-order valence-corrected chi connectivity index (χ0v) is 11.1. The van der Waals surface area contributed by atoms with Crippen LogP contribution in [0.5, 0.6) is 0 Å². The van der Waals surface area contributed by atoms with Crippen molar-refractivity contribution in [3.63, 3.8) is 0 Å². The number of hydrogen-bond acceptors (Lipinski definition) is 4. The monoisotopic (exact) mass is 245 g/mol. The van der Waals surface area contributed by atoms with Crippen LogP contribution in [0.1, 0.15) is 34.1 Å². The molecule has 1 aliphatic rings. The van der Waals surface area contributed by atoms with Gasteiger partial charge in [0.1, 0.15) is 5.60 Å². The molecule has 0 radical (unpaired) electrons. The Morgan fingerprint density at radius 1 is 1.47 bits per heavy atom. The molecule has 0 bridgehead atoms. The number of carbonyl (C=O) groups excluding carboxylic acids is 1. The molecule has 2 unspecified atom stereocenters. The minimum atomic E-state index is -0.464. The molecule has 5 nitrogen and oxygen atoms in total. The van der Waals surface area contributed by atoms with E-state index < -0.39 is 5.60 Å². The zero-order valence-electron chi connectivity index (χ0n) is 11.1. The molecule has 0 aromatic rings. The van der Waals surface area contributed by atoms with Crippen molar-refractivity contribution in [3.05, 3.63) is 0 Å². The van der Waals surface area contributed by atoms with Gasteiger partial charge in [0.15, 0.2) is 0 Å².